The molecular weight excluding hydrogens is 222 g/mol. The van der Waals surface area contributed by atoms with Gasteiger partial charge in [-0.1, -0.05) is 12.2 Å². The van der Waals surface area contributed by atoms with Gasteiger partial charge < -0.3 is 4.74 Å². The van der Waals surface area contributed by atoms with Crippen molar-refractivity contribution in [2.75, 3.05) is 0 Å². The van der Waals surface area contributed by atoms with Crippen LogP contribution in [0.25, 0.3) is 17.0 Å². The molecule has 1 heterocycles. The average Bonchev–Trinajstić information content (AvgIpc) is 2.27. The summed E-state index contributed by atoms with van der Waals surface area (Å²) >= 11 is 0. The van der Waals surface area contributed by atoms with E-state index in [4.69, 9.17) is 4.74 Å². The molecule has 2 nitrogen and oxygen atoms in total. The second-order valence-corrected chi connectivity index (χ2v) is 5.70. The van der Waals surface area contributed by atoms with E-state index in [1.54, 1.807) is 0 Å². The van der Waals surface area contributed by atoms with E-state index < -0.39 is 0 Å². The Hall–Kier alpha value is -1.83. The van der Waals surface area contributed by atoms with Crippen LogP contribution in [-0.4, -0.2) is 10.6 Å². The summed E-state index contributed by atoms with van der Waals surface area (Å²) in [4.78, 5) is 4.46. The van der Waals surface area contributed by atoms with Gasteiger partial charge in [0, 0.05) is 17.6 Å². The predicted octanol–water partition coefficient (Wildman–Crippen LogP) is 3.98. The van der Waals surface area contributed by atoms with E-state index in [0.29, 0.717) is 0 Å². The van der Waals surface area contributed by atoms with Crippen LogP contribution in [0.3, 0.4) is 0 Å². The summed E-state index contributed by atoms with van der Waals surface area (Å²) in [6.07, 6.45) is 7.17. The zero-order valence-electron chi connectivity index (χ0n) is 11.0. The number of allylic oxidation sites excluding steroid dienone is 1. The third-order valence-corrected chi connectivity index (χ3v) is 2.99. The lowest BCUT2D eigenvalue weighted by Gasteiger charge is -2.23. The quantitative estimate of drug-likeness (QED) is 0.751. The van der Waals surface area contributed by atoms with Gasteiger partial charge in [-0.3, -0.25) is 4.98 Å². The maximum Gasteiger partial charge on any atom is 0.122 e. The van der Waals surface area contributed by atoms with Crippen LogP contribution in [-0.2, 0) is 6.42 Å². The molecule has 0 saturated carbocycles. The first kappa shape index (κ1) is 11.3. The van der Waals surface area contributed by atoms with E-state index in [2.05, 4.69) is 50.0 Å². The number of hydrogen-bond donors (Lipinski definition) is 0. The molecule has 0 amide bonds. The Bertz CT molecular complexity index is 635. The van der Waals surface area contributed by atoms with Crippen molar-refractivity contribution in [3.63, 3.8) is 0 Å². The maximum absolute atomic E-state index is 5.95. The highest BCUT2D eigenvalue weighted by atomic mass is 16.5. The third kappa shape index (κ3) is 1.99. The summed E-state index contributed by atoms with van der Waals surface area (Å²) in [6.45, 7) is 6.19. The van der Waals surface area contributed by atoms with Gasteiger partial charge in [-0.2, -0.15) is 0 Å². The molecule has 1 aliphatic rings. The van der Waals surface area contributed by atoms with Crippen molar-refractivity contribution in [2.45, 2.75) is 32.8 Å². The Morgan fingerprint density at radius 1 is 1.22 bits per heavy atom. The summed E-state index contributed by atoms with van der Waals surface area (Å²) < 4.78 is 5.95. The van der Waals surface area contributed by atoms with Crippen LogP contribution in [0.5, 0.6) is 5.75 Å². The number of ether oxygens (including phenoxy) is 1. The van der Waals surface area contributed by atoms with Crippen LogP contribution >= 0.6 is 0 Å². The molecule has 0 spiro atoms. The summed E-state index contributed by atoms with van der Waals surface area (Å²) in [6, 6.07) is 6.24. The monoisotopic (exact) mass is 239 g/mol. The molecule has 1 aromatic heterocycles. The lowest BCUT2D eigenvalue weighted by Crippen LogP contribution is -2.23. The number of rotatable bonds is 1. The summed E-state index contributed by atoms with van der Waals surface area (Å²) in [7, 11) is 0. The minimum absolute atomic E-state index is 0.178. The van der Waals surface area contributed by atoms with Gasteiger partial charge in [0.1, 0.15) is 11.4 Å². The molecule has 0 N–H and O–H groups in total. The molecule has 1 aromatic carbocycles. The van der Waals surface area contributed by atoms with E-state index in [1.165, 1.54) is 16.5 Å². The highest BCUT2D eigenvalue weighted by molar-refractivity contribution is 5.93. The van der Waals surface area contributed by atoms with Gasteiger partial charge in [0.2, 0.25) is 0 Å². The number of pyridine rings is 1. The zero-order chi connectivity index (χ0) is 12.8. The van der Waals surface area contributed by atoms with E-state index in [1.807, 2.05) is 12.3 Å². The first-order valence-electron chi connectivity index (χ1n) is 6.30. The third-order valence-electron chi connectivity index (χ3n) is 2.99. The Morgan fingerprint density at radius 3 is 2.83 bits per heavy atom. The molecule has 0 bridgehead atoms. The van der Waals surface area contributed by atoms with Crippen molar-refractivity contribution < 1.29 is 4.74 Å². The standard InChI is InChI=1S/C16H17NO/c1-16(2,3)18-13-9-12-6-4-5-11-7-8-17-14(10-13)15(11)12/h4-5,7-10H,6H2,1-3H3. The Kier molecular flexibility index (Phi) is 2.40. The molecule has 92 valence electrons. The molecule has 3 rings (SSSR count). The molecular formula is C16H17NO. The fourth-order valence-electron chi connectivity index (χ4n) is 2.40. The number of benzene rings is 1. The van der Waals surface area contributed by atoms with E-state index in [9.17, 15) is 0 Å². The van der Waals surface area contributed by atoms with Crippen LogP contribution < -0.4 is 4.74 Å². The smallest absolute Gasteiger partial charge is 0.122 e. The molecule has 1 aliphatic carbocycles. The number of aromatic nitrogens is 1. The lowest BCUT2D eigenvalue weighted by molar-refractivity contribution is 0.131. The molecule has 0 atom stereocenters. The van der Waals surface area contributed by atoms with Crippen molar-refractivity contribution in [3.8, 4) is 5.75 Å². The van der Waals surface area contributed by atoms with Crippen LogP contribution in [0.4, 0.5) is 0 Å². The number of hydrogen-bond acceptors (Lipinski definition) is 2. The first-order valence-corrected chi connectivity index (χ1v) is 6.30. The number of nitrogens with zero attached hydrogens (tertiary/aromatic N) is 1. The van der Waals surface area contributed by atoms with Crippen LogP contribution in [0.1, 0.15) is 31.9 Å². The van der Waals surface area contributed by atoms with Crippen molar-refractivity contribution in [1.29, 1.82) is 0 Å². The van der Waals surface area contributed by atoms with Crippen molar-refractivity contribution in [2.24, 2.45) is 0 Å². The van der Waals surface area contributed by atoms with Crippen molar-refractivity contribution in [3.05, 3.63) is 41.6 Å². The SMILES string of the molecule is CC(C)(C)Oc1cc2c3c(ccnc3c1)C=CC2. The average molecular weight is 239 g/mol. The highest BCUT2D eigenvalue weighted by Gasteiger charge is 2.15. The maximum atomic E-state index is 5.95. The van der Waals surface area contributed by atoms with Gasteiger partial charge in [0.15, 0.2) is 0 Å². The van der Waals surface area contributed by atoms with Crippen molar-refractivity contribution >= 4 is 17.0 Å². The van der Waals surface area contributed by atoms with Crippen LogP contribution in [0.2, 0.25) is 0 Å². The molecule has 0 aliphatic heterocycles. The second kappa shape index (κ2) is 3.84. The minimum atomic E-state index is -0.178. The summed E-state index contributed by atoms with van der Waals surface area (Å²) in [5, 5.41) is 1.27. The predicted molar refractivity (Wildman–Crippen MR) is 74.9 cm³/mol. The van der Waals surface area contributed by atoms with Crippen LogP contribution in [0, 0.1) is 0 Å². The van der Waals surface area contributed by atoms with Gasteiger partial charge >= 0.3 is 0 Å². The molecule has 2 heteroatoms. The van der Waals surface area contributed by atoms with E-state index in [0.717, 1.165) is 17.7 Å². The van der Waals surface area contributed by atoms with Gasteiger partial charge in [0.05, 0.1) is 5.52 Å². The van der Waals surface area contributed by atoms with Gasteiger partial charge in [0.25, 0.3) is 0 Å². The first-order chi connectivity index (χ1) is 8.53. The molecule has 18 heavy (non-hydrogen) atoms. The summed E-state index contributed by atoms with van der Waals surface area (Å²) in [5.41, 5.74) is 3.40. The second-order valence-electron chi connectivity index (χ2n) is 5.70. The van der Waals surface area contributed by atoms with Gasteiger partial charge in [-0.25, -0.2) is 0 Å². The molecule has 0 fully saturated rings. The van der Waals surface area contributed by atoms with Gasteiger partial charge in [-0.05, 0) is 50.5 Å². The fraction of sp³-hybridized carbons (Fsp3) is 0.312. The fourth-order valence-corrected chi connectivity index (χ4v) is 2.40. The largest absolute Gasteiger partial charge is 0.488 e. The van der Waals surface area contributed by atoms with Gasteiger partial charge in [-0.15, -0.1) is 0 Å². The topological polar surface area (TPSA) is 22.1 Å². The molecule has 0 radical (unpaired) electrons. The van der Waals surface area contributed by atoms with E-state index >= 15 is 0 Å². The Balaban J connectivity index is 2.18. The Labute approximate surface area is 107 Å². The summed E-state index contributed by atoms with van der Waals surface area (Å²) in [5.74, 6) is 0.907. The normalized spacial score (nSPS) is 13.9. The van der Waals surface area contributed by atoms with E-state index in [-0.39, 0.29) is 5.60 Å². The molecule has 2 aromatic rings. The van der Waals surface area contributed by atoms with Crippen molar-refractivity contribution in [1.82, 2.24) is 4.98 Å². The highest BCUT2D eigenvalue weighted by Crippen LogP contribution is 2.32. The molecule has 0 unspecified atom stereocenters. The zero-order valence-corrected chi connectivity index (χ0v) is 11.0. The van der Waals surface area contributed by atoms with Crippen LogP contribution in [0.15, 0.2) is 30.5 Å². The lowest BCUT2D eigenvalue weighted by atomic mass is 9.95. The Morgan fingerprint density at radius 2 is 2.06 bits per heavy atom. The molecule has 0 saturated heterocycles. The minimum Gasteiger partial charge on any atom is -0.488 e.